The highest BCUT2D eigenvalue weighted by atomic mass is 16.6. The molecule has 20 heavy (non-hydrogen) atoms. The number of ether oxygens (including phenoxy) is 1. The number of carbonyl (C=O) groups is 2. The largest absolute Gasteiger partial charge is 0.458 e. The molecule has 3 rings (SSSR count). The molecular formula is C16H19NO3. The van der Waals surface area contributed by atoms with Gasteiger partial charge in [0.2, 0.25) is 5.91 Å². The number of hydrogen-bond donors (Lipinski definition) is 1. The SMILES string of the molecule is NC(=O)[C@@H]1C(=O)OC2(CCCCC2)[C@H]1c1ccccc1. The molecule has 1 aromatic carbocycles. The second-order valence-electron chi connectivity index (χ2n) is 5.81. The van der Waals surface area contributed by atoms with E-state index < -0.39 is 23.4 Å². The van der Waals surface area contributed by atoms with Gasteiger partial charge in [0.15, 0.2) is 0 Å². The number of benzene rings is 1. The van der Waals surface area contributed by atoms with Crippen LogP contribution in [0.15, 0.2) is 30.3 Å². The minimum absolute atomic E-state index is 0.242. The Kier molecular flexibility index (Phi) is 3.24. The smallest absolute Gasteiger partial charge is 0.319 e. The molecule has 1 aliphatic heterocycles. The minimum Gasteiger partial charge on any atom is -0.458 e. The first-order chi connectivity index (χ1) is 9.64. The average Bonchev–Trinajstić information content (AvgIpc) is 2.73. The van der Waals surface area contributed by atoms with Gasteiger partial charge in [-0.2, -0.15) is 0 Å². The molecule has 2 N–H and O–H groups in total. The molecule has 4 nitrogen and oxygen atoms in total. The fourth-order valence-electron chi connectivity index (χ4n) is 3.77. The Hall–Kier alpha value is -1.84. The van der Waals surface area contributed by atoms with Crippen LogP contribution in [0.1, 0.15) is 43.6 Å². The number of carbonyl (C=O) groups excluding carboxylic acids is 2. The van der Waals surface area contributed by atoms with Crippen LogP contribution in [0, 0.1) is 5.92 Å². The Morgan fingerprint density at radius 2 is 1.80 bits per heavy atom. The van der Waals surface area contributed by atoms with Gasteiger partial charge in [0.1, 0.15) is 11.5 Å². The van der Waals surface area contributed by atoms with Crippen molar-refractivity contribution in [2.24, 2.45) is 11.7 Å². The third-order valence-electron chi connectivity index (χ3n) is 4.62. The van der Waals surface area contributed by atoms with Gasteiger partial charge < -0.3 is 10.5 Å². The van der Waals surface area contributed by atoms with E-state index in [1.807, 2.05) is 30.3 Å². The van der Waals surface area contributed by atoms with Gasteiger partial charge in [-0.25, -0.2) is 0 Å². The first kappa shape index (κ1) is 13.2. The van der Waals surface area contributed by atoms with E-state index in [4.69, 9.17) is 10.5 Å². The molecule has 0 bridgehead atoms. The molecule has 0 unspecified atom stereocenters. The summed E-state index contributed by atoms with van der Waals surface area (Å²) >= 11 is 0. The third-order valence-corrected chi connectivity index (χ3v) is 4.62. The van der Waals surface area contributed by atoms with Crippen LogP contribution in [-0.4, -0.2) is 17.5 Å². The van der Waals surface area contributed by atoms with E-state index in [0.29, 0.717) is 0 Å². The molecular weight excluding hydrogens is 254 g/mol. The van der Waals surface area contributed by atoms with Crippen molar-refractivity contribution in [1.29, 1.82) is 0 Å². The summed E-state index contributed by atoms with van der Waals surface area (Å²) in [6, 6.07) is 9.69. The monoisotopic (exact) mass is 273 g/mol. The number of rotatable bonds is 2. The minimum atomic E-state index is -0.851. The van der Waals surface area contributed by atoms with Crippen molar-refractivity contribution < 1.29 is 14.3 Å². The maximum atomic E-state index is 12.1. The molecule has 2 atom stereocenters. The fourth-order valence-corrected chi connectivity index (χ4v) is 3.77. The molecule has 1 amide bonds. The van der Waals surface area contributed by atoms with Crippen LogP contribution in [0.2, 0.25) is 0 Å². The van der Waals surface area contributed by atoms with E-state index in [-0.39, 0.29) is 5.92 Å². The molecule has 1 saturated carbocycles. The molecule has 1 saturated heterocycles. The van der Waals surface area contributed by atoms with Crippen LogP contribution in [0.4, 0.5) is 0 Å². The van der Waals surface area contributed by atoms with Gasteiger partial charge >= 0.3 is 5.97 Å². The van der Waals surface area contributed by atoms with Crippen molar-refractivity contribution in [3.8, 4) is 0 Å². The molecule has 0 radical (unpaired) electrons. The summed E-state index contributed by atoms with van der Waals surface area (Å²) in [5, 5.41) is 0. The maximum absolute atomic E-state index is 12.1. The Labute approximate surface area is 118 Å². The normalized spacial score (nSPS) is 28.3. The van der Waals surface area contributed by atoms with Gasteiger partial charge in [-0.05, 0) is 31.2 Å². The lowest BCUT2D eigenvalue weighted by molar-refractivity contribution is -0.154. The number of nitrogens with two attached hydrogens (primary N) is 1. The highest BCUT2D eigenvalue weighted by Crippen LogP contribution is 2.51. The lowest BCUT2D eigenvalue weighted by atomic mass is 9.69. The van der Waals surface area contributed by atoms with E-state index in [9.17, 15) is 9.59 Å². The summed E-state index contributed by atoms with van der Waals surface area (Å²) in [5.74, 6) is -2.12. The Morgan fingerprint density at radius 3 is 2.40 bits per heavy atom. The van der Waals surface area contributed by atoms with Crippen LogP contribution in [-0.2, 0) is 14.3 Å². The summed E-state index contributed by atoms with van der Waals surface area (Å²) in [5.41, 5.74) is 5.91. The van der Waals surface area contributed by atoms with E-state index in [1.54, 1.807) is 0 Å². The molecule has 1 spiro atoms. The molecule has 1 aromatic rings. The number of esters is 1. The first-order valence-electron chi connectivity index (χ1n) is 7.21. The van der Waals surface area contributed by atoms with Gasteiger partial charge in [-0.3, -0.25) is 9.59 Å². The predicted molar refractivity (Wildman–Crippen MR) is 73.8 cm³/mol. The van der Waals surface area contributed by atoms with E-state index in [1.165, 1.54) is 0 Å². The zero-order valence-electron chi connectivity index (χ0n) is 11.4. The number of hydrogen-bond acceptors (Lipinski definition) is 3. The highest BCUT2D eigenvalue weighted by molar-refractivity contribution is 6.00. The van der Waals surface area contributed by atoms with Gasteiger partial charge in [0.25, 0.3) is 0 Å². The van der Waals surface area contributed by atoms with Gasteiger partial charge in [-0.15, -0.1) is 0 Å². The molecule has 106 valence electrons. The lowest BCUT2D eigenvalue weighted by Gasteiger charge is -2.37. The van der Waals surface area contributed by atoms with Crippen molar-refractivity contribution in [3.63, 3.8) is 0 Å². The highest BCUT2D eigenvalue weighted by Gasteiger charge is 2.58. The van der Waals surface area contributed by atoms with Crippen LogP contribution < -0.4 is 5.73 Å². The van der Waals surface area contributed by atoms with E-state index >= 15 is 0 Å². The Balaban J connectivity index is 2.06. The molecule has 1 heterocycles. The van der Waals surface area contributed by atoms with E-state index in [0.717, 1.165) is 37.7 Å². The van der Waals surface area contributed by atoms with E-state index in [2.05, 4.69) is 0 Å². The average molecular weight is 273 g/mol. The quantitative estimate of drug-likeness (QED) is 0.663. The standard InChI is InChI=1S/C16H19NO3/c17-14(18)12-13(11-7-3-1-4-8-11)16(20-15(12)19)9-5-2-6-10-16/h1,3-4,7-8,12-13H,2,5-6,9-10H2,(H2,17,18)/t12-,13+/m1/s1. The molecule has 2 aliphatic rings. The molecule has 2 fully saturated rings. The maximum Gasteiger partial charge on any atom is 0.319 e. The number of amides is 1. The van der Waals surface area contributed by atoms with Crippen molar-refractivity contribution in [1.82, 2.24) is 0 Å². The summed E-state index contributed by atoms with van der Waals surface area (Å²) in [6.45, 7) is 0. The fraction of sp³-hybridized carbons (Fsp3) is 0.500. The van der Waals surface area contributed by atoms with Gasteiger partial charge in [0.05, 0.1) is 0 Å². The van der Waals surface area contributed by atoms with Crippen LogP contribution in [0.3, 0.4) is 0 Å². The van der Waals surface area contributed by atoms with Crippen LogP contribution in [0.5, 0.6) is 0 Å². The summed E-state index contributed by atoms with van der Waals surface area (Å²) in [4.78, 5) is 23.9. The Bertz CT molecular complexity index is 520. The summed E-state index contributed by atoms with van der Waals surface area (Å²) < 4.78 is 5.69. The Morgan fingerprint density at radius 1 is 1.15 bits per heavy atom. The second-order valence-corrected chi connectivity index (χ2v) is 5.81. The van der Waals surface area contributed by atoms with Crippen molar-refractivity contribution in [3.05, 3.63) is 35.9 Å². The topological polar surface area (TPSA) is 69.4 Å². The zero-order chi connectivity index (χ0) is 14.2. The van der Waals surface area contributed by atoms with Crippen molar-refractivity contribution in [2.75, 3.05) is 0 Å². The second kappa shape index (κ2) is 4.93. The zero-order valence-corrected chi connectivity index (χ0v) is 11.4. The molecule has 1 aliphatic carbocycles. The van der Waals surface area contributed by atoms with Crippen molar-refractivity contribution >= 4 is 11.9 Å². The van der Waals surface area contributed by atoms with Gasteiger partial charge in [-0.1, -0.05) is 36.8 Å². The van der Waals surface area contributed by atoms with Gasteiger partial charge in [0, 0.05) is 5.92 Å². The van der Waals surface area contributed by atoms with Crippen LogP contribution in [0.25, 0.3) is 0 Å². The lowest BCUT2D eigenvalue weighted by Crippen LogP contribution is -2.39. The first-order valence-corrected chi connectivity index (χ1v) is 7.21. The summed E-state index contributed by atoms with van der Waals surface area (Å²) in [7, 11) is 0. The molecule has 4 heteroatoms. The van der Waals surface area contributed by atoms with Crippen LogP contribution >= 0.6 is 0 Å². The third kappa shape index (κ3) is 1.99. The van der Waals surface area contributed by atoms with Crippen molar-refractivity contribution in [2.45, 2.75) is 43.6 Å². The molecule has 0 aromatic heterocycles. The summed E-state index contributed by atoms with van der Waals surface area (Å²) in [6.07, 6.45) is 4.86. The number of primary amides is 1. The predicted octanol–water partition coefficient (Wildman–Crippen LogP) is 2.13.